The number of carbonyl (C=O) groups excluding carboxylic acids is 1. The van der Waals surface area contributed by atoms with E-state index in [0.717, 1.165) is 12.1 Å². The van der Waals surface area contributed by atoms with E-state index < -0.39 is 0 Å². The van der Waals surface area contributed by atoms with Crippen LogP contribution in [0.25, 0.3) is 0 Å². The molecule has 1 amide bonds. The third-order valence-corrected chi connectivity index (χ3v) is 3.26. The van der Waals surface area contributed by atoms with E-state index in [4.69, 9.17) is 5.73 Å². The van der Waals surface area contributed by atoms with Gasteiger partial charge in [0.25, 0.3) is 0 Å². The molecule has 1 atom stereocenters. The van der Waals surface area contributed by atoms with E-state index >= 15 is 0 Å². The van der Waals surface area contributed by atoms with Crippen LogP contribution in [0.1, 0.15) is 39.3 Å². The van der Waals surface area contributed by atoms with Gasteiger partial charge in [-0.2, -0.15) is 0 Å². The second-order valence-corrected chi connectivity index (χ2v) is 5.32. The first-order valence-electron chi connectivity index (χ1n) is 6.94. The summed E-state index contributed by atoms with van der Waals surface area (Å²) in [6.45, 7) is 7.36. The van der Waals surface area contributed by atoms with E-state index in [-0.39, 0.29) is 11.9 Å². The zero-order valence-corrected chi connectivity index (χ0v) is 12.2. The number of amides is 1. The molecule has 1 aromatic rings. The highest BCUT2D eigenvalue weighted by atomic mass is 16.2. The van der Waals surface area contributed by atoms with Crippen LogP contribution in [0, 0.1) is 5.92 Å². The Hall–Kier alpha value is -1.42. The van der Waals surface area contributed by atoms with E-state index in [1.165, 1.54) is 0 Å². The monoisotopic (exact) mass is 263 g/mol. The summed E-state index contributed by atoms with van der Waals surface area (Å²) in [5.41, 5.74) is 6.51. The first kappa shape index (κ1) is 15.6. The van der Waals surface area contributed by atoms with Crippen molar-refractivity contribution in [3.63, 3.8) is 0 Å². The number of hydrogen-bond donors (Lipinski definition) is 1. The van der Waals surface area contributed by atoms with Crippen LogP contribution in [0.2, 0.25) is 0 Å². The number of pyridine rings is 1. The number of aromatic nitrogens is 1. The molecule has 0 aromatic carbocycles. The topological polar surface area (TPSA) is 59.2 Å². The summed E-state index contributed by atoms with van der Waals surface area (Å²) in [5.74, 6) is 0.578. The van der Waals surface area contributed by atoms with E-state index in [9.17, 15) is 4.79 Å². The second kappa shape index (κ2) is 7.89. The molecule has 1 rings (SSSR count). The van der Waals surface area contributed by atoms with Gasteiger partial charge >= 0.3 is 0 Å². The molecule has 1 unspecified atom stereocenters. The quantitative estimate of drug-likeness (QED) is 0.820. The Balaban J connectivity index is 2.59. The Morgan fingerprint density at radius 3 is 2.63 bits per heavy atom. The van der Waals surface area contributed by atoms with Gasteiger partial charge < -0.3 is 10.6 Å². The van der Waals surface area contributed by atoms with Crippen LogP contribution < -0.4 is 5.73 Å². The van der Waals surface area contributed by atoms with Gasteiger partial charge in [-0.1, -0.05) is 13.0 Å². The van der Waals surface area contributed by atoms with Gasteiger partial charge in [0.15, 0.2) is 0 Å². The Morgan fingerprint density at radius 1 is 1.37 bits per heavy atom. The number of nitrogens with zero attached hydrogens (tertiary/aromatic N) is 2. The van der Waals surface area contributed by atoms with Gasteiger partial charge in [0.2, 0.25) is 5.91 Å². The zero-order valence-electron chi connectivity index (χ0n) is 12.2. The van der Waals surface area contributed by atoms with Crippen molar-refractivity contribution in [3.8, 4) is 0 Å². The molecule has 0 saturated carbocycles. The maximum Gasteiger partial charge on any atom is 0.223 e. The Morgan fingerprint density at radius 2 is 2.11 bits per heavy atom. The molecule has 4 heteroatoms. The summed E-state index contributed by atoms with van der Waals surface area (Å²) in [6, 6.07) is 5.96. The van der Waals surface area contributed by atoms with Crippen molar-refractivity contribution in [2.45, 2.75) is 46.2 Å². The van der Waals surface area contributed by atoms with Crippen LogP contribution in [0.15, 0.2) is 24.4 Å². The van der Waals surface area contributed by atoms with Crippen LogP contribution in [-0.4, -0.2) is 28.4 Å². The molecule has 2 N–H and O–H groups in total. The molecule has 0 aliphatic rings. The fraction of sp³-hybridized carbons (Fsp3) is 0.600. The SMILES string of the molecule is CC(CN)CCC(=O)N(Cc1ccccn1)C(C)C. The van der Waals surface area contributed by atoms with Gasteiger partial charge in [0, 0.05) is 18.7 Å². The highest BCUT2D eigenvalue weighted by Crippen LogP contribution is 2.11. The van der Waals surface area contributed by atoms with Gasteiger partial charge in [-0.3, -0.25) is 9.78 Å². The number of hydrogen-bond acceptors (Lipinski definition) is 3. The van der Waals surface area contributed by atoms with Crippen LogP contribution in [-0.2, 0) is 11.3 Å². The molecular formula is C15H25N3O. The molecule has 0 aliphatic carbocycles. The zero-order chi connectivity index (χ0) is 14.3. The lowest BCUT2D eigenvalue weighted by Crippen LogP contribution is -2.36. The van der Waals surface area contributed by atoms with Crippen molar-refractivity contribution < 1.29 is 4.79 Å². The lowest BCUT2D eigenvalue weighted by molar-refractivity contribution is -0.133. The first-order valence-corrected chi connectivity index (χ1v) is 6.94. The minimum absolute atomic E-state index is 0.181. The van der Waals surface area contributed by atoms with Crippen molar-refractivity contribution in [3.05, 3.63) is 30.1 Å². The van der Waals surface area contributed by atoms with Crippen molar-refractivity contribution in [1.29, 1.82) is 0 Å². The molecule has 0 radical (unpaired) electrons. The van der Waals surface area contributed by atoms with Crippen LogP contribution in [0.4, 0.5) is 0 Å². The average Bonchev–Trinajstić information content (AvgIpc) is 2.42. The van der Waals surface area contributed by atoms with E-state index in [1.807, 2.05) is 36.9 Å². The fourth-order valence-electron chi connectivity index (χ4n) is 1.86. The fourth-order valence-corrected chi connectivity index (χ4v) is 1.86. The molecule has 106 valence electrons. The average molecular weight is 263 g/mol. The minimum atomic E-state index is 0.181. The van der Waals surface area contributed by atoms with E-state index in [0.29, 0.717) is 25.4 Å². The normalized spacial score (nSPS) is 12.5. The van der Waals surface area contributed by atoms with Crippen molar-refractivity contribution in [2.24, 2.45) is 11.7 Å². The number of nitrogens with two attached hydrogens (primary N) is 1. The molecule has 19 heavy (non-hydrogen) atoms. The van der Waals surface area contributed by atoms with E-state index in [2.05, 4.69) is 11.9 Å². The maximum atomic E-state index is 12.3. The van der Waals surface area contributed by atoms with Crippen LogP contribution in [0.3, 0.4) is 0 Å². The molecule has 0 bridgehead atoms. The molecular weight excluding hydrogens is 238 g/mol. The summed E-state index contributed by atoms with van der Waals surface area (Å²) in [4.78, 5) is 18.4. The summed E-state index contributed by atoms with van der Waals surface area (Å²) >= 11 is 0. The number of carbonyl (C=O) groups is 1. The number of rotatable bonds is 7. The highest BCUT2D eigenvalue weighted by Gasteiger charge is 2.18. The molecule has 1 heterocycles. The van der Waals surface area contributed by atoms with Gasteiger partial charge in [-0.05, 0) is 44.9 Å². The Kier molecular flexibility index (Phi) is 6.50. The molecule has 0 spiro atoms. The highest BCUT2D eigenvalue weighted by molar-refractivity contribution is 5.76. The largest absolute Gasteiger partial charge is 0.334 e. The minimum Gasteiger partial charge on any atom is -0.334 e. The van der Waals surface area contributed by atoms with Crippen LogP contribution >= 0.6 is 0 Å². The summed E-state index contributed by atoms with van der Waals surface area (Å²) < 4.78 is 0. The Labute approximate surface area is 116 Å². The van der Waals surface area contributed by atoms with Crippen molar-refractivity contribution in [2.75, 3.05) is 6.54 Å². The van der Waals surface area contributed by atoms with Crippen molar-refractivity contribution >= 4 is 5.91 Å². The molecule has 0 saturated heterocycles. The Bertz CT molecular complexity index is 378. The predicted octanol–water partition coefficient (Wildman–Crippen LogP) is 2.19. The van der Waals surface area contributed by atoms with Crippen LogP contribution in [0.5, 0.6) is 0 Å². The second-order valence-electron chi connectivity index (χ2n) is 5.32. The molecule has 4 nitrogen and oxygen atoms in total. The molecule has 0 aliphatic heterocycles. The molecule has 0 fully saturated rings. The smallest absolute Gasteiger partial charge is 0.223 e. The predicted molar refractivity (Wildman–Crippen MR) is 77.4 cm³/mol. The lowest BCUT2D eigenvalue weighted by Gasteiger charge is -2.27. The standard InChI is InChI=1S/C15H25N3O/c1-12(2)18(11-14-6-4-5-9-17-14)15(19)8-7-13(3)10-16/h4-6,9,12-13H,7-8,10-11,16H2,1-3H3. The third kappa shape index (κ3) is 5.39. The van der Waals surface area contributed by atoms with Gasteiger partial charge in [-0.15, -0.1) is 0 Å². The van der Waals surface area contributed by atoms with Crippen molar-refractivity contribution in [1.82, 2.24) is 9.88 Å². The third-order valence-electron chi connectivity index (χ3n) is 3.26. The maximum absolute atomic E-state index is 12.3. The van der Waals surface area contributed by atoms with Gasteiger partial charge in [-0.25, -0.2) is 0 Å². The van der Waals surface area contributed by atoms with Gasteiger partial charge in [0.1, 0.15) is 0 Å². The summed E-state index contributed by atoms with van der Waals surface area (Å²) in [5, 5.41) is 0. The lowest BCUT2D eigenvalue weighted by atomic mass is 10.1. The van der Waals surface area contributed by atoms with Gasteiger partial charge in [0.05, 0.1) is 12.2 Å². The first-order chi connectivity index (χ1) is 9.04. The molecule has 1 aromatic heterocycles. The summed E-state index contributed by atoms with van der Waals surface area (Å²) in [7, 11) is 0. The van der Waals surface area contributed by atoms with E-state index in [1.54, 1.807) is 6.20 Å². The summed E-state index contributed by atoms with van der Waals surface area (Å²) in [6.07, 6.45) is 3.17.